The zero-order chi connectivity index (χ0) is 73.5. The number of carbonyl (C=O) groups is 4. The topological polar surface area (TPSA) is 237 Å². The smallest absolute Gasteiger partial charge is 0.462 e. The third-order valence-electron chi connectivity index (χ3n) is 18.7. The third-order valence-corrected chi connectivity index (χ3v) is 20.6. The van der Waals surface area contributed by atoms with E-state index in [0.717, 1.165) is 127 Å². The zero-order valence-corrected chi connectivity index (χ0v) is 66.8. The van der Waals surface area contributed by atoms with Crippen LogP contribution in [0.1, 0.15) is 401 Å². The third kappa shape index (κ3) is 72.5. The number of unbranched alkanes of at least 4 members (excludes halogenated alkanes) is 44. The Labute approximate surface area is 612 Å². The van der Waals surface area contributed by atoms with E-state index in [1.807, 2.05) is 0 Å². The molecule has 0 saturated carbocycles. The molecule has 0 fully saturated rings. The van der Waals surface area contributed by atoms with Gasteiger partial charge in [0.15, 0.2) is 12.2 Å². The van der Waals surface area contributed by atoms with Gasteiger partial charge >= 0.3 is 39.5 Å². The van der Waals surface area contributed by atoms with Crippen molar-refractivity contribution in [2.45, 2.75) is 419 Å². The number of rotatable bonds is 78. The standard InChI is InChI=1S/C81H154O17P2/c1-7-10-12-14-16-18-20-22-24-25-26-27-28-29-30-32-34-36-41-45-53-59-65-80(85)97-76(69-91-78(83)63-57-51-44-40-35-33-31-23-21-19-17-15-13-11-8-2)71-95-99(87,88)93-67-75(82)68-94-100(89,90)96-72-77(70-92-79(84)64-58-52-48-47-50-56-62-74(6)9-3)98-81(86)66-60-54-46-42-38-37-39-43-49-55-61-73(4)5/h19,21,23,31,73-77,82H,7-18,20,22,24-30,32-72H2,1-6H3,(H,87,88)(H,89,90)/b21-19-,31-23-/t74?,75-,76-,77-/m1/s1. The Balaban J connectivity index is 5.24. The van der Waals surface area contributed by atoms with Crippen molar-refractivity contribution in [2.75, 3.05) is 39.6 Å². The molecule has 0 bridgehead atoms. The number of hydrogen-bond acceptors (Lipinski definition) is 15. The van der Waals surface area contributed by atoms with Crippen LogP contribution in [0.25, 0.3) is 0 Å². The molecule has 0 rings (SSSR count). The van der Waals surface area contributed by atoms with Crippen LogP contribution in [0, 0.1) is 11.8 Å². The number of allylic oxidation sites excluding steroid dienone is 4. The minimum atomic E-state index is -4.97. The van der Waals surface area contributed by atoms with Gasteiger partial charge in [0.2, 0.25) is 0 Å². The van der Waals surface area contributed by atoms with Crippen LogP contribution >= 0.6 is 15.6 Å². The van der Waals surface area contributed by atoms with Gasteiger partial charge in [0.1, 0.15) is 19.3 Å². The van der Waals surface area contributed by atoms with Crippen molar-refractivity contribution >= 4 is 39.5 Å². The van der Waals surface area contributed by atoms with Gasteiger partial charge in [-0.15, -0.1) is 0 Å². The zero-order valence-electron chi connectivity index (χ0n) is 65.0. The molecular formula is C81H154O17P2. The molecule has 0 aromatic rings. The molecule has 3 N–H and O–H groups in total. The number of hydrogen-bond donors (Lipinski definition) is 3. The Kier molecular flexibility index (Phi) is 70.3. The molecule has 100 heavy (non-hydrogen) atoms. The maximum atomic E-state index is 13.1. The Morgan fingerprint density at radius 1 is 0.330 bits per heavy atom. The number of aliphatic hydroxyl groups is 1. The minimum absolute atomic E-state index is 0.102. The van der Waals surface area contributed by atoms with Crippen molar-refractivity contribution in [3.8, 4) is 0 Å². The predicted octanol–water partition coefficient (Wildman–Crippen LogP) is 23.8. The lowest BCUT2D eigenvalue weighted by Gasteiger charge is -2.21. The Morgan fingerprint density at radius 2 is 0.590 bits per heavy atom. The summed E-state index contributed by atoms with van der Waals surface area (Å²) in [4.78, 5) is 72.9. The summed E-state index contributed by atoms with van der Waals surface area (Å²) in [6, 6.07) is 0. The average molecular weight is 1460 g/mol. The van der Waals surface area contributed by atoms with Gasteiger partial charge in [-0.1, -0.05) is 348 Å². The van der Waals surface area contributed by atoms with Crippen LogP contribution in [0.5, 0.6) is 0 Å². The summed E-state index contributed by atoms with van der Waals surface area (Å²) in [7, 11) is -9.93. The van der Waals surface area contributed by atoms with Crippen LogP contribution in [0.2, 0.25) is 0 Å². The lowest BCUT2D eigenvalue weighted by Crippen LogP contribution is -2.30. The molecule has 0 aromatic heterocycles. The monoisotopic (exact) mass is 1460 g/mol. The normalized spacial score (nSPS) is 14.3. The highest BCUT2D eigenvalue weighted by atomic mass is 31.2. The molecule has 0 radical (unpaired) electrons. The molecule has 17 nitrogen and oxygen atoms in total. The van der Waals surface area contributed by atoms with E-state index in [0.29, 0.717) is 25.7 Å². The van der Waals surface area contributed by atoms with Crippen LogP contribution in [0.4, 0.5) is 0 Å². The van der Waals surface area contributed by atoms with E-state index < -0.39 is 97.5 Å². The maximum absolute atomic E-state index is 13.1. The van der Waals surface area contributed by atoms with Gasteiger partial charge in [-0.3, -0.25) is 37.3 Å². The summed E-state index contributed by atoms with van der Waals surface area (Å²) in [5.41, 5.74) is 0. The van der Waals surface area contributed by atoms with E-state index in [4.69, 9.17) is 37.0 Å². The van der Waals surface area contributed by atoms with Crippen LogP contribution < -0.4 is 0 Å². The average Bonchev–Trinajstić information content (AvgIpc) is 0.927. The van der Waals surface area contributed by atoms with Crippen molar-refractivity contribution in [1.29, 1.82) is 0 Å². The molecule has 3 unspecified atom stereocenters. The van der Waals surface area contributed by atoms with E-state index in [1.165, 1.54) is 193 Å². The highest BCUT2D eigenvalue weighted by Gasteiger charge is 2.30. The van der Waals surface area contributed by atoms with E-state index >= 15 is 0 Å². The van der Waals surface area contributed by atoms with E-state index in [2.05, 4.69) is 65.8 Å². The second kappa shape index (κ2) is 72.1. The van der Waals surface area contributed by atoms with Crippen LogP contribution in [0.15, 0.2) is 24.3 Å². The lowest BCUT2D eigenvalue weighted by atomic mass is 10.00. The second-order valence-corrected chi connectivity index (χ2v) is 32.1. The first-order valence-electron chi connectivity index (χ1n) is 41.3. The lowest BCUT2D eigenvalue weighted by molar-refractivity contribution is -0.161. The molecule has 0 saturated heterocycles. The molecule has 0 heterocycles. The summed E-state index contributed by atoms with van der Waals surface area (Å²) in [6.07, 6.45) is 64.8. The van der Waals surface area contributed by atoms with Crippen LogP contribution in [-0.4, -0.2) is 96.7 Å². The quantitative estimate of drug-likeness (QED) is 0.0169. The SMILES string of the molecule is CCCCCC/C=C\C=C/CCCCCCCC(=O)OC[C@H](COP(=O)(O)OC[C@@H](O)COP(=O)(O)OC[C@@H](COC(=O)CCCCCCCCC(C)CC)OC(=O)CCCCCCCCCCCCC(C)C)OC(=O)CCCCCCCCCCCCCCCCCCCCCCCC. The molecule has 0 spiro atoms. The molecule has 0 aromatic carbocycles. The first-order chi connectivity index (χ1) is 48.4. The van der Waals surface area contributed by atoms with Gasteiger partial charge in [0, 0.05) is 25.7 Å². The summed E-state index contributed by atoms with van der Waals surface area (Å²) in [5.74, 6) is -0.664. The van der Waals surface area contributed by atoms with Gasteiger partial charge in [0.25, 0.3) is 0 Å². The number of esters is 4. The van der Waals surface area contributed by atoms with Crippen molar-refractivity contribution in [3.63, 3.8) is 0 Å². The predicted molar refractivity (Wildman–Crippen MR) is 409 cm³/mol. The van der Waals surface area contributed by atoms with Crippen molar-refractivity contribution < 1.29 is 80.2 Å². The number of aliphatic hydroxyl groups excluding tert-OH is 1. The summed E-state index contributed by atoms with van der Waals surface area (Å²) in [5, 5.41) is 10.6. The highest BCUT2D eigenvalue weighted by Crippen LogP contribution is 2.45. The first kappa shape index (κ1) is 97.5. The molecule has 19 heteroatoms. The van der Waals surface area contributed by atoms with E-state index in [9.17, 15) is 43.2 Å². The molecule has 0 aliphatic rings. The fourth-order valence-electron chi connectivity index (χ4n) is 12.0. The molecule has 0 aliphatic heterocycles. The van der Waals surface area contributed by atoms with Crippen LogP contribution in [-0.2, 0) is 65.4 Å². The largest absolute Gasteiger partial charge is 0.472 e. The summed E-state index contributed by atoms with van der Waals surface area (Å²) in [6.45, 7) is 9.50. The number of carbonyl (C=O) groups excluding carboxylic acids is 4. The van der Waals surface area contributed by atoms with Gasteiger partial charge < -0.3 is 33.8 Å². The van der Waals surface area contributed by atoms with E-state index in [1.54, 1.807) is 0 Å². The molecule has 6 atom stereocenters. The van der Waals surface area contributed by atoms with Gasteiger partial charge in [0.05, 0.1) is 26.4 Å². The Bertz CT molecular complexity index is 2020. The van der Waals surface area contributed by atoms with Gasteiger partial charge in [-0.2, -0.15) is 0 Å². The molecular weight excluding hydrogens is 1310 g/mol. The number of phosphoric ester groups is 2. The van der Waals surface area contributed by atoms with Gasteiger partial charge in [-0.25, -0.2) is 9.13 Å². The Morgan fingerprint density at radius 3 is 0.900 bits per heavy atom. The first-order valence-corrected chi connectivity index (χ1v) is 44.3. The number of phosphoric acid groups is 2. The molecule has 590 valence electrons. The summed E-state index contributed by atoms with van der Waals surface area (Å²) >= 11 is 0. The van der Waals surface area contributed by atoms with Crippen LogP contribution in [0.3, 0.4) is 0 Å². The van der Waals surface area contributed by atoms with Crippen molar-refractivity contribution in [3.05, 3.63) is 24.3 Å². The van der Waals surface area contributed by atoms with E-state index in [-0.39, 0.29) is 25.7 Å². The molecule has 0 amide bonds. The van der Waals surface area contributed by atoms with Gasteiger partial charge in [-0.05, 0) is 63.2 Å². The second-order valence-electron chi connectivity index (χ2n) is 29.2. The molecule has 0 aliphatic carbocycles. The fourth-order valence-corrected chi connectivity index (χ4v) is 13.5. The highest BCUT2D eigenvalue weighted by molar-refractivity contribution is 7.47. The summed E-state index contributed by atoms with van der Waals surface area (Å²) < 4.78 is 68.6. The number of ether oxygens (including phenoxy) is 4. The maximum Gasteiger partial charge on any atom is 0.472 e. The minimum Gasteiger partial charge on any atom is -0.462 e. The fraction of sp³-hybridized carbons (Fsp3) is 0.901. The van der Waals surface area contributed by atoms with Crippen molar-refractivity contribution in [2.24, 2.45) is 11.8 Å². The van der Waals surface area contributed by atoms with Crippen molar-refractivity contribution in [1.82, 2.24) is 0 Å². The Hall–Kier alpha value is -2.46.